The number of esters is 1. The molecule has 0 aromatic heterocycles. The lowest BCUT2D eigenvalue weighted by Crippen LogP contribution is -2.42. The first-order chi connectivity index (χ1) is 15.6. The second-order valence-electron chi connectivity index (χ2n) is 6.78. The van der Waals surface area contributed by atoms with Crippen LogP contribution >= 0.6 is 35.0 Å². The monoisotopic (exact) mass is 510 g/mol. The molecule has 0 unspecified atom stereocenters. The first-order valence-electron chi connectivity index (χ1n) is 9.32. The van der Waals surface area contributed by atoms with Crippen molar-refractivity contribution in [3.63, 3.8) is 0 Å². The molecule has 0 saturated carbocycles. The summed E-state index contributed by atoms with van der Waals surface area (Å²) in [5.74, 6) is -1.19. The Hall–Kier alpha value is -3.08. The second kappa shape index (κ2) is 10.2. The molecule has 0 N–H and O–H groups in total. The molecule has 1 saturated heterocycles. The van der Waals surface area contributed by atoms with Gasteiger partial charge in [0.25, 0.3) is 16.8 Å². The van der Waals surface area contributed by atoms with Gasteiger partial charge in [0.2, 0.25) is 0 Å². The minimum Gasteiger partial charge on any atom is -0.486 e. The largest absolute Gasteiger partial charge is 0.486 e. The summed E-state index contributed by atoms with van der Waals surface area (Å²) in [5, 5.41) is 10.6. The number of nitro groups is 1. The molecule has 2 amide bonds. The maximum absolute atomic E-state index is 12.6. The van der Waals surface area contributed by atoms with Crippen LogP contribution in [0.3, 0.4) is 0 Å². The highest BCUT2D eigenvalue weighted by molar-refractivity contribution is 8.18. The van der Waals surface area contributed by atoms with E-state index < -0.39 is 28.1 Å². The molecule has 1 fully saturated rings. The number of nitrogens with zero attached hydrogens (tertiary/aromatic N) is 2. The van der Waals surface area contributed by atoms with E-state index in [0.717, 1.165) is 4.90 Å². The number of imide groups is 1. The molecule has 0 aliphatic carbocycles. The average molecular weight is 511 g/mol. The first kappa shape index (κ1) is 24.6. The van der Waals surface area contributed by atoms with E-state index in [1.165, 1.54) is 50.4 Å². The quantitative estimate of drug-likeness (QED) is 0.219. The average Bonchev–Trinajstić information content (AvgIpc) is 3.04. The summed E-state index contributed by atoms with van der Waals surface area (Å²) < 4.78 is 10.2. The van der Waals surface area contributed by atoms with Gasteiger partial charge in [-0.25, -0.2) is 4.79 Å². The first-order valence-corrected chi connectivity index (χ1v) is 10.9. The van der Waals surface area contributed by atoms with E-state index in [-0.39, 0.29) is 33.0 Å². The molecule has 12 heteroatoms. The van der Waals surface area contributed by atoms with E-state index in [9.17, 15) is 24.5 Å². The zero-order chi connectivity index (χ0) is 24.3. The van der Waals surface area contributed by atoms with Crippen LogP contribution in [0.4, 0.5) is 10.5 Å². The van der Waals surface area contributed by atoms with Crippen LogP contribution in [-0.4, -0.2) is 40.1 Å². The van der Waals surface area contributed by atoms with E-state index in [0.29, 0.717) is 22.9 Å². The Morgan fingerprint density at radius 3 is 2.52 bits per heavy atom. The molecule has 2 aromatic carbocycles. The number of ether oxygens (including phenoxy) is 2. The molecule has 9 nitrogen and oxygen atoms in total. The van der Waals surface area contributed by atoms with Gasteiger partial charge in [-0.1, -0.05) is 35.3 Å². The topological polar surface area (TPSA) is 116 Å². The van der Waals surface area contributed by atoms with E-state index in [4.69, 9.17) is 27.9 Å². The van der Waals surface area contributed by atoms with Crippen molar-refractivity contribution in [2.75, 3.05) is 7.11 Å². The number of hydrogen-bond donors (Lipinski definition) is 0. The van der Waals surface area contributed by atoms with Gasteiger partial charge in [-0.3, -0.25) is 24.6 Å². The number of hydrogen-bond acceptors (Lipinski definition) is 8. The molecule has 33 heavy (non-hydrogen) atoms. The maximum Gasteiger partial charge on any atom is 0.328 e. The number of thioether (sulfide) groups is 1. The number of carbonyl (C=O) groups excluding carboxylic acids is 3. The molecular formula is C21H16Cl2N2O7S. The van der Waals surface area contributed by atoms with Crippen LogP contribution in [0.25, 0.3) is 6.08 Å². The molecule has 1 atom stereocenters. The van der Waals surface area contributed by atoms with Crippen LogP contribution in [-0.2, 0) is 20.9 Å². The predicted octanol–water partition coefficient (Wildman–Crippen LogP) is 5.08. The van der Waals surface area contributed by atoms with Gasteiger partial charge in [0, 0.05) is 12.1 Å². The Kier molecular flexibility index (Phi) is 7.62. The molecule has 1 aliphatic rings. The lowest BCUT2D eigenvalue weighted by molar-refractivity contribution is -0.384. The summed E-state index contributed by atoms with van der Waals surface area (Å²) in [7, 11) is 1.17. The Balaban J connectivity index is 1.79. The molecule has 172 valence electrons. The number of methoxy groups -OCH3 is 1. The van der Waals surface area contributed by atoms with Crippen molar-refractivity contribution in [3.8, 4) is 5.75 Å². The van der Waals surface area contributed by atoms with E-state index in [2.05, 4.69) is 4.74 Å². The van der Waals surface area contributed by atoms with E-state index in [1.54, 1.807) is 6.07 Å². The van der Waals surface area contributed by atoms with Crippen molar-refractivity contribution in [2.24, 2.45) is 0 Å². The van der Waals surface area contributed by atoms with Crippen LogP contribution in [0.1, 0.15) is 18.1 Å². The Bertz CT molecular complexity index is 1160. The van der Waals surface area contributed by atoms with Gasteiger partial charge in [-0.15, -0.1) is 0 Å². The van der Waals surface area contributed by atoms with Gasteiger partial charge < -0.3 is 9.47 Å². The number of halogens is 2. The summed E-state index contributed by atoms with van der Waals surface area (Å²) in [6.07, 6.45) is 1.43. The molecule has 0 bridgehead atoms. The fourth-order valence-corrected chi connectivity index (χ4v) is 4.48. The van der Waals surface area contributed by atoms with Crippen LogP contribution in [0, 0.1) is 10.1 Å². The number of non-ortho nitro benzene ring substituents is 1. The minimum atomic E-state index is -1.06. The number of carbonyl (C=O) groups is 3. The van der Waals surface area contributed by atoms with Crippen molar-refractivity contribution in [3.05, 3.63) is 72.6 Å². The van der Waals surface area contributed by atoms with Crippen LogP contribution in [0.15, 0.2) is 41.3 Å². The summed E-state index contributed by atoms with van der Waals surface area (Å²) in [6.45, 7) is 1.39. The molecule has 3 rings (SSSR count). The molecule has 0 radical (unpaired) electrons. The zero-order valence-electron chi connectivity index (χ0n) is 17.2. The number of amides is 2. The smallest absolute Gasteiger partial charge is 0.328 e. The molecular weight excluding hydrogens is 495 g/mol. The normalized spacial score (nSPS) is 15.6. The van der Waals surface area contributed by atoms with Crippen LogP contribution in [0.5, 0.6) is 5.75 Å². The number of nitro benzene ring substituents is 1. The van der Waals surface area contributed by atoms with Crippen molar-refractivity contribution >= 4 is 63.8 Å². The third-order valence-electron chi connectivity index (χ3n) is 4.58. The van der Waals surface area contributed by atoms with Gasteiger partial charge in [-0.05, 0) is 48.0 Å². The van der Waals surface area contributed by atoms with Gasteiger partial charge in [0.05, 0.1) is 27.0 Å². The van der Waals surface area contributed by atoms with E-state index in [1.807, 2.05) is 0 Å². The molecule has 0 spiro atoms. The highest BCUT2D eigenvalue weighted by Gasteiger charge is 2.41. The van der Waals surface area contributed by atoms with Crippen molar-refractivity contribution in [1.29, 1.82) is 0 Å². The number of rotatable bonds is 7. The van der Waals surface area contributed by atoms with Crippen molar-refractivity contribution < 1.29 is 28.8 Å². The highest BCUT2D eigenvalue weighted by atomic mass is 35.5. The lowest BCUT2D eigenvalue weighted by Gasteiger charge is -2.18. The highest BCUT2D eigenvalue weighted by Crippen LogP contribution is 2.38. The SMILES string of the molecule is COC(=O)[C@H](C)N1C(=O)S/C(=C/c2cc(Cl)c(OCc3cccc([N+](=O)[O-])c3)c(Cl)c2)C1=O. The third-order valence-corrected chi connectivity index (χ3v) is 6.02. The Labute approximate surface area is 202 Å². The number of benzene rings is 2. The predicted molar refractivity (Wildman–Crippen MR) is 123 cm³/mol. The Morgan fingerprint density at radius 1 is 1.24 bits per heavy atom. The summed E-state index contributed by atoms with van der Waals surface area (Å²) in [6, 6.07) is 7.87. The summed E-state index contributed by atoms with van der Waals surface area (Å²) >= 11 is 13.3. The fraction of sp³-hybridized carbons (Fsp3) is 0.190. The van der Waals surface area contributed by atoms with E-state index >= 15 is 0 Å². The third kappa shape index (κ3) is 5.47. The van der Waals surface area contributed by atoms with Gasteiger partial charge in [-0.2, -0.15) is 0 Å². The van der Waals surface area contributed by atoms with Gasteiger partial charge in [0.15, 0.2) is 5.75 Å². The molecule has 2 aromatic rings. The molecule has 1 heterocycles. The van der Waals surface area contributed by atoms with Gasteiger partial charge >= 0.3 is 5.97 Å². The molecule has 1 aliphatic heterocycles. The zero-order valence-corrected chi connectivity index (χ0v) is 19.6. The van der Waals surface area contributed by atoms with Crippen LogP contribution in [0.2, 0.25) is 10.0 Å². The summed E-state index contributed by atoms with van der Waals surface area (Å²) in [5.41, 5.74) is 0.914. The van der Waals surface area contributed by atoms with Gasteiger partial charge in [0.1, 0.15) is 12.6 Å². The standard InChI is InChI=1S/C21H16Cl2N2O7S/c1-11(20(27)31-2)24-19(26)17(33-21(24)28)9-13-7-15(22)18(16(23)8-13)32-10-12-4-3-5-14(6-12)25(29)30/h3-9,11H,10H2,1-2H3/b17-9+/t11-/m0/s1. The maximum atomic E-state index is 12.6. The Morgan fingerprint density at radius 2 is 1.91 bits per heavy atom. The second-order valence-corrected chi connectivity index (χ2v) is 8.59. The van der Waals surface area contributed by atoms with Crippen molar-refractivity contribution in [1.82, 2.24) is 4.90 Å². The van der Waals surface area contributed by atoms with Crippen molar-refractivity contribution in [2.45, 2.75) is 19.6 Å². The van der Waals surface area contributed by atoms with Crippen LogP contribution < -0.4 is 4.74 Å². The fourth-order valence-electron chi connectivity index (χ4n) is 2.96. The minimum absolute atomic E-state index is 0.00915. The lowest BCUT2D eigenvalue weighted by atomic mass is 10.2. The summed E-state index contributed by atoms with van der Waals surface area (Å²) in [4.78, 5) is 47.9.